The van der Waals surface area contributed by atoms with Crippen LogP contribution in [0.2, 0.25) is 0 Å². The summed E-state index contributed by atoms with van der Waals surface area (Å²) in [6.07, 6.45) is 5.81. The molecule has 0 spiro atoms. The van der Waals surface area contributed by atoms with Crippen molar-refractivity contribution >= 4 is 34.2 Å². The van der Waals surface area contributed by atoms with Crippen LogP contribution in [0.4, 0.5) is 11.6 Å². The molecule has 0 bridgehead atoms. The highest BCUT2D eigenvalue weighted by molar-refractivity contribution is 14.1. The van der Waals surface area contributed by atoms with E-state index in [-0.39, 0.29) is 5.72 Å². The average molecular weight is 417 g/mol. The SMILES string of the molecule is COC1(Nc2cc(I)cc(N3CCOCC3)n2)CCCCC1. The second-order valence-corrected chi connectivity index (χ2v) is 7.26. The topological polar surface area (TPSA) is 46.6 Å². The van der Waals surface area contributed by atoms with Crippen molar-refractivity contribution in [2.45, 2.75) is 37.8 Å². The van der Waals surface area contributed by atoms with E-state index in [1.807, 2.05) is 0 Å². The predicted molar refractivity (Wildman–Crippen MR) is 96.4 cm³/mol. The number of nitrogens with zero attached hydrogens (tertiary/aromatic N) is 2. The van der Waals surface area contributed by atoms with Gasteiger partial charge in [0.05, 0.1) is 13.2 Å². The van der Waals surface area contributed by atoms with E-state index in [1.54, 1.807) is 7.11 Å². The zero-order valence-electron chi connectivity index (χ0n) is 13.1. The van der Waals surface area contributed by atoms with Crippen molar-refractivity contribution in [1.82, 2.24) is 4.98 Å². The Morgan fingerprint density at radius 3 is 2.64 bits per heavy atom. The molecular formula is C16H24IN3O2. The van der Waals surface area contributed by atoms with Crippen LogP contribution in [-0.2, 0) is 9.47 Å². The Labute approximate surface area is 145 Å². The number of rotatable bonds is 4. The maximum atomic E-state index is 5.82. The number of aromatic nitrogens is 1. The maximum Gasteiger partial charge on any atom is 0.139 e. The van der Waals surface area contributed by atoms with Gasteiger partial charge in [-0.05, 0) is 60.4 Å². The Kier molecular flexibility index (Phi) is 5.41. The van der Waals surface area contributed by atoms with Gasteiger partial charge < -0.3 is 19.7 Å². The van der Waals surface area contributed by atoms with Crippen LogP contribution in [0, 0.1) is 3.57 Å². The first-order valence-electron chi connectivity index (χ1n) is 8.04. The molecule has 6 heteroatoms. The van der Waals surface area contributed by atoms with Gasteiger partial charge in [-0.1, -0.05) is 6.42 Å². The van der Waals surface area contributed by atoms with Gasteiger partial charge in [0.25, 0.3) is 0 Å². The first-order valence-corrected chi connectivity index (χ1v) is 9.12. The number of pyridine rings is 1. The third-order valence-electron chi connectivity index (χ3n) is 4.52. The average Bonchev–Trinajstić information content (AvgIpc) is 2.56. The molecule has 22 heavy (non-hydrogen) atoms. The zero-order chi connectivity index (χ0) is 15.4. The normalized spacial score (nSPS) is 21.6. The number of anilines is 2. The molecule has 1 aliphatic carbocycles. The standard InChI is InChI=1S/C16H24IN3O2/c1-21-16(5-3-2-4-6-16)19-14-11-13(17)12-15(18-14)20-7-9-22-10-8-20/h11-12H,2-10H2,1H3,(H,18,19). The largest absolute Gasteiger partial charge is 0.378 e. The molecule has 2 heterocycles. The summed E-state index contributed by atoms with van der Waals surface area (Å²) in [5.74, 6) is 1.94. The molecule has 1 saturated carbocycles. The predicted octanol–water partition coefficient (Wildman–Crippen LogP) is 3.24. The fourth-order valence-electron chi connectivity index (χ4n) is 3.24. The molecule has 2 fully saturated rings. The molecule has 0 amide bonds. The Hall–Kier alpha value is -0.600. The minimum Gasteiger partial charge on any atom is -0.378 e. The summed E-state index contributed by atoms with van der Waals surface area (Å²) in [6, 6.07) is 4.23. The third kappa shape index (κ3) is 3.83. The van der Waals surface area contributed by atoms with Crippen LogP contribution in [0.3, 0.4) is 0 Å². The van der Waals surface area contributed by atoms with Crippen LogP contribution in [0.15, 0.2) is 12.1 Å². The van der Waals surface area contributed by atoms with Gasteiger partial charge in [-0.25, -0.2) is 4.98 Å². The fourth-order valence-corrected chi connectivity index (χ4v) is 3.81. The number of hydrogen-bond acceptors (Lipinski definition) is 5. The summed E-state index contributed by atoms with van der Waals surface area (Å²) in [6.45, 7) is 3.36. The number of halogens is 1. The van der Waals surface area contributed by atoms with Crippen LogP contribution in [0.5, 0.6) is 0 Å². The van der Waals surface area contributed by atoms with Gasteiger partial charge in [0.15, 0.2) is 0 Å². The van der Waals surface area contributed by atoms with Gasteiger partial charge in [-0.2, -0.15) is 0 Å². The quantitative estimate of drug-likeness (QED) is 0.602. The van der Waals surface area contributed by atoms with Gasteiger partial charge in [-0.3, -0.25) is 0 Å². The van der Waals surface area contributed by atoms with Crippen molar-refractivity contribution in [2.24, 2.45) is 0 Å². The zero-order valence-corrected chi connectivity index (χ0v) is 15.3. The highest BCUT2D eigenvalue weighted by atomic mass is 127. The van der Waals surface area contributed by atoms with E-state index in [1.165, 1.54) is 22.8 Å². The fraction of sp³-hybridized carbons (Fsp3) is 0.688. The van der Waals surface area contributed by atoms with Gasteiger partial charge in [0, 0.05) is 23.8 Å². The molecule has 0 atom stereocenters. The lowest BCUT2D eigenvalue weighted by Crippen LogP contribution is -2.42. The van der Waals surface area contributed by atoms with Crippen molar-refractivity contribution in [3.8, 4) is 0 Å². The molecular weight excluding hydrogens is 393 g/mol. The minimum atomic E-state index is -0.252. The van der Waals surface area contributed by atoms with Crippen molar-refractivity contribution in [2.75, 3.05) is 43.6 Å². The first kappa shape index (κ1) is 16.3. The van der Waals surface area contributed by atoms with Gasteiger partial charge in [0.1, 0.15) is 17.4 Å². The molecule has 0 radical (unpaired) electrons. The molecule has 1 saturated heterocycles. The second kappa shape index (κ2) is 7.31. The number of hydrogen-bond donors (Lipinski definition) is 1. The van der Waals surface area contributed by atoms with Crippen LogP contribution in [-0.4, -0.2) is 44.1 Å². The molecule has 2 aliphatic rings. The Morgan fingerprint density at radius 1 is 1.23 bits per heavy atom. The van der Waals surface area contributed by atoms with E-state index in [0.717, 1.165) is 50.8 Å². The van der Waals surface area contributed by atoms with Crippen molar-refractivity contribution in [1.29, 1.82) is 0 Å². The van der Waals surface area contributed by atoms with Gasteiger partial charge in [0.2, 0.25) is 0 Å². The molecule has 5 nitrogen and oxygen atoms in total. The molecule has 122 valence electrons. The van der Waals surface area contributed by atoms with Gasteiger partial charge >= 0.3 is 0 Å². The van der Waals surface area contributed by atoms with E-state index in [9.17, 15) is 0 Å². The molecule has 1 aromatic rings. The van der Waals surface area contributed by atoms with Crippen molar-refractivity contribution < 1.29 is 9.47 Å². The molecule has 0 aromatic carbocycles. The Morgan fingerprint density at radius 2 is 1.95 bits per heavy atom. The third-order valence-corrected chi connectivity index (χ3v) is 5.14. The summed E-state index contributed by atoms with van der Waals surface area (Å²) < 4.78 is 12.4. The van der Waals surface area contributed by atoms with E-state index < -0.39 is 0 Å². The monoisotopic (exact) mass is 417 g/mol. The van der Waals surface area contributed by atoms with E-state index >= 15 is 0 Å². The maximum absolute atomic E-state index is 5.82. The van der Waals surface area contributed by atoms with Crippen molar-refractivity contribution in [3.63, 3.8) is 0 Å². The first-order chi connectivity index (χ1) is 10.7. The number of morpholine rings is 1. The minimum absolute atomic E-state index is 0.252. The molecule has 0 unspecified atom stereocenters. The Bertz CT molecular complexity index is 500. The van der Waals surface area contributed by atoms with E-state index in [0.29, 0.717) is 0 Å². The van der Waals surface area contributed by atoms with E-state index in [2.05, 4.69) is 44.9 Å². The van der Waals surface area contributed by atoms with Gasteiger partial charge in [-0.15, -0.1) is 0 Å². The van der Waals surface area contributed by atoms with Crippen LogP contribution >= 0.6 is 22.6 Å². The Balaban J connectivity index is 1.79. The number of methoxy groups -OCH3 is 1. The lowest BCUT2D eigenvalue weighted by atomic mass is 9.91. The lowest BCUT2D eigenvalue weighted by Gasteiger charge is -2.37. The summed E-state index contributed by atoms with van der Waals surface area (Å²) in [5, 5.41) is 3.57. The van der Waals surface area contributed by atoms with Crippen molar-refractivity contribution in [3.05, 3.63) is 15.7 Å². The molecule has 1 N–H and O–H groups in total. The summed E-state index contributed by atoms with van der Waals surface area (Å²) in [4.78, 5) is 7.11. The second-order valence-electron chi connectivity index (χ2n) is 6.01. The van der Waals surface area contributed by atoms with E-state index in [4.69, 9.17) is 14.5 Å². The number of ether oxygens (including phenoxy) is 2. The highest BCUT2D eigenvalue weighted by Crippen LogP contribution is 2.32. The summed E-state index contributed by atoms with van der Waals surface area (Å²) in [7, 11) is 1.80. The van der Waals surface area contributed by atoms with Crippen LogP contribution < -0.4 is 10.2 Å². The van der Waals surface area contributed by atoms with Crippen LogP contribution in [0.25, 0.3) is 0 Å². The lowest BCUT2D eigenvalue weighted by molar-refractivity contribution is -0.0153. The molecule has 1 aromatic heterocycles. The van der Waals surface area contributed by atoms with Crippen LogP contribution in [0.1, 0.15) is 32.1 Å². The number of nitrogens with one attached hydrogen (secondary N) is 1. The summed E-state index contributed by atoms with van der Waals surface area (Å²) in [5.41, 5.74) is -0.252. The summed E-state index contributed by atoms with van der Waals surface area (Å²) >= 11 is 2.36. The smallest absolute Gasteiger partial charge is 0.139 e. The highest BCUT2D eigenvalue weighted by Gasteiger charge is 2.32. The molecule has 3 rings (SSSR count). The molecule has 1 aliphatic heterocycles.